The molecule has 4 heteroatoms. The van der Waals surface area contributed by atoms with Crippen LogP contribution >= 0.6 is 0 Å². The quantitative estimate of drug-likeness (QED) is 0.800. The van der Waals surface area contributed by atoms with Crippen LogP contribution in [0.15, 0.2) is 18.2 Å². The third-order valence-electron chi connectivity index (χ3n) is 2.47. The molecule has 1 atom stereocenters. The monoisotopic (exact) mass is 208 g/mol. The normalized spacial score (nSPS) is 20.5. The molecule has 1 unspecified atom stereocenters. The standard InChI is InChI=1S/C11H16N2O2/c1-14-11-4-2-3-9(13-11)8-15-10-5-6-12-7-10/h2-4,10,12H,5-8H2,1H3. The largest absolute Gasteiger partial charge is 0.481 e. The minimum absolute atomic E-state index is 0.331. The molecule has 2 rings (SSSR count). The summed E-state index contributed by atoms with van der Waals surface area (Å²) >= 11 is 0. The lowest BCUT2D eigenvalue weighted by Crippen LogP contribution is -2.16. The van der Waals surface area contributed by atoms with E-state index in [1.165, 1.54) is 0 Å². The average Bonchev–Trinajstić information content (AvgIpc) is 2.79. The topological polar surface area (TPSA) is 43.4 Å². The molecule has 2 heterocycles. The Morgan fingerprint density at radius 1 is 1.53 bits per heavy atom. The van der Waals surface area contributed by atoms with Gasteiger partial charge in [-0.2, -0.15) is 0 Å². The maximum atomic E-state index is 5.71. The Labute approximate surface area is 89.6 Å². The van der Waals surface area contributed by atoms with E-state index in [2.05, 4.69) is 10.3 Å². The fourth-order valence-electron chi connectivity index (χ4n) is 1.63. The SMILES string of the molecule is COc1cccc(COC2CCNC2)n1. The van der Waals surface area contributed by atoms with Crippen molar-refractivity contribution in [3.8, 4) is 5.88 Å². The van der Waals surface area contributed by atoms with Gasteiger partial charge in [0.1, 0.15) is 0 Å². The van der Waals surface area contributed by atoms with Crippen molar-refractivity contribution in [1.29, 1.82) is 0 Å². The smallest absolute Gasteiger partial charge is 0.213 e. The van der Waals surface area contributed by atoms with Crippen molar-refractivity contribution in [2.45, 2.75) is 19.1 Å². The lowest BCUT2D eigenvalue weighted by molar-refractivity contribution is 0.0520. The van der Waals surface area contributed by atoms with E-state index in [-0.39, 0.29) is 0 Å². The molecule has 0 radical (unpaired) electrons. The summed E-state index contributed by atoms with van der Waals surface area (Å²) in [5, 5.41) is 3.26. The highest BCUT2D eigenvalue weighted by atomic mass is 16.5. The summed E-state index contributed by atoms with van der Waals surface area (Å²) in [6.45, 7) is 2.56. The summed E-state index contributed by atoms with van der Waals surface area (Å²) in [6, 6.07) is 5.71. The van der Waals surface area contributed by atoms with Crippen LogP contribution in [-0.4, -0.2) is 31.3 Å². The van der Waals surface area contributed by atoms with Crippen molar-refractivity contribution in [2.24, 2.45) is 0 Å². The first-order chi connectivity index (χ1) is 7.38. The summed E-state index contributed by atoms with van der Waals surface area (Å²) in [7, 11) is 1.62. The number of hydrogen-bond acceptors (Lipinski definition) is 4. The van der Waals surface area contributed by atoms with Crippen molar-refractivity contribution in [1.82, 2.24) is 10.3 Å². The molecule has 0 amide bonds. The van der Waals surface area contributed by atoms with Gasteiger partial charge in [-0.1, -0.05) is 6.07 Å². The van der Waals surface area contributed by atoms with Crippen LogP contribution in [0.4, 0.5) is 0 Å². The molecule has 0 spiro atoms. The lowest BCUT2D eigenvalue weighted by Gasteiger charge is -2.10. The summed E-state index contributed by atoms with van der Waals surface area (Å²) < 4.78 is 10.8. The summed E-state index contributed by atoms with van der Waals surface area (Å²) in [4.78, 5) is 4.28. The van der Waals surface area contributed by atoms with Crippen molar-refractivity contribution in [3.05, 3.63) is 23.9 Å². The zero-order chi connectivity index (χ0) is 10.5. The molecule has 0 aromatic carbocycles. The number of rotatable bonds is 4. The maximum absolute atomic E-state index is 5.71. The summed E-state index contributed by atoms with van der Waals surface area (Å²) in [5.74, 6) is 0.639. The molecule has 1 aliphatic rings. The van der Waals surface area contributed by atoms with Crippen LogP contribution in [0.25, 0.3) is 0 Å². The van der Waals surface area contributed by atoms with Gasteiger partial charge >= 0.3 is 0 Å². The van der Waals surface area contributed by atoms with Crippen LogP contribution < -0.4 is 10.1 Å². The molecule has 82 valence electrons. The first-order valence-electron chi connectivity index (χ1n) is 5.21. The van der Waals surface area contributed by atoms with Gasteiger partial charge in [-0.15, -0.1) is 0 Å². The number of methoxy groups -OCH3 is 1. The second-order valence-electron chi connectivity index (χ2n) is 3.60. The predicted octanol–water partition coefficient (Wildman–Crippen LogP) is 0.969. The van der Waals surface area contributed by atoms with Crippen molar-refractivity contribution in [3.63, 3.8) is 0 Å². The number of nitrogens with zero attached hydrogens (tertiary/aromatic N) is 1. The Morgan fingerprint density at radius 3 is 3.20 bits per heavy atom. The molecule has 0 aliphatic carbocycles. The van der Waals surface area contributed by atoms with Gasteiger partial charge in [-0.3, -0.25) is 0 Å². The molecule has 1 saturated heterocycles. The molecule has 0 saturated carbocycles. The van der Waals surface area contributed by atoms with Gasteiger partial charge in [-0.25, -0.2) is 4.98 Å². The Hall–Kier alpha value is -1.13. The predicted molar refractivity (Wildman–Crippen MR) is 56.9 cm³/mol. The minimum atomic E-state index is 0.331. The van der Waals surface area contributed by atoms with E-state index in [0.29, 0.717) is 18.6 Å². The minimum Gasteiger partial charge on any atom is -0.481 e. The zero-order valence-corrected chi connectivity index (χ0v) is 8.90. The van der Waals surface area contributed by atoms with E-state index in [1.807, 2.05) is 18.2 Å². The van der Waals surface area contributed by atoms with Crippen molar-refractivity contribution < 1.29 is 9.47 Å². The van der Waals surface area contributed by atoms with E-state index in [4.69, 9.17) is 9.47 Å². The highest BCUT2D eigenvalue weighted by molar-refractivity contribution is 5.15. The van der Waals surface area contributed by atoms with Gasteiger partial charge < -0.3 is 14.8 Å². The van der Waals surface area contributed by atoms with Gasteiger partial charge in [0.2, 0.25) is 5.88 Å². The average molecular weight is 208 g/mol. The molecule has 1 aromatic heterocycles. The lowest BCUT2D eigenvalue weighted by atomic mass is 10.3. The second-order valence-corrected chi connectivity index (χ2v) is 3.60. The molecule has 1 aliphatic heterocycles. The maximum Gasteiger partial charge on any atom is 0.213 e. The Balaban J connectivity index is 1.86. The Morgan fingerprint density at radius 2 is 2.47 bits per heavy atom. The highest BCUT2D eigenvalue weighted by Gasteiger charge is 2.14. The van der Waals surface area contributed by atoms with Crippen LogP contribution in [-0.2, 0) is 11.3 Å². The van der Waals surface area contributed by atoms with Crippen LogP contribution in [0.5, 0.6) is 5.88 Å². The highest BCUT2D eigenvalue weighted by Crippen LogP contribution is 2.10. The molecule has 1 fully saturated rings. The fourth-order valence-corrected chi connectivity index (χ4v) is 1.63. The summed E-state index contributed by atoms with van der Waals surface area (Å²) in [5.41, 5.74) is 0.918. The number of ether oxygens (including phenoxy) is 2. The number of hydrogen-bond donors (Lipinski definition) is 1. The molecule has 1 aromatic rings. The number of aromatic nitrogens is 1. The second kappa shape index (κ2) is 5.09. The van der Waals surface area contributed by atoms with E-state index >= 15 is 0 Å². The van der Waals surface area contributed by atoms with Gasteiger partial charge in [-0.05, 0) is 19.0 Å². The van der Waals surface area contributed by atoms with Gasteiger partial charge in [0.25, 0.3) is 0 Å². The fraction of sp³-hybridized carbons (Fsp3) is 0.545. The molecule has 4 nitrogen and oxygen atoms in total. The van der Waals surface area contributed by atoms with Crippen LogP contribution in [0, 0.1) is 0 Å². The number of pyridine rings is 1. The van der Waals surface area contributed by atoms with Crippen LogP contribution in [0.2, 0.25) is 0 Å². The molecular weight excluding hydrogens is 192 g/mol. The molecule has 1 N–H and O–H groups in total. The molecule has 0 bridgehead atoms. The Bertz CT molecular complexity index is 311. The van der Waals surface area contributed by atoms with E-state index < -0.39 is 0 Å². The first-order valence-corrected chi connectivity index (χ1v) is 5.21. The third kappa shape index (κ3) is 2.91. The molecule has 15 heavy (non-hydrogen) atoms. The third-order valence-corrected chi connectivity index (χ3v) is 2.47. The zero-order valence-electron chi connectivity index (χ0n) is 8.90. The summed E-state index contributed by atoms with van der Waals surface area (Å²) in [6.07, 6.45) is 1.42. The number of nitrogens with one attached hydrogen (secondary N) is 1. The first kappa shape index (κ1) is 10.4. The van der Waals surface area contributed by atoms with E-state index in [9.17, 15) is 0 Å². The molecular formula is C11H16N2O2. The van der Waals surface area contributed by atoms with Gasteiger partial charge in [0.05, 0.1) is 25.5 Å². The van der Waals surface area contributed by atoms with Gasteiger partial charge in [0.15, 0.2) is 0 Å². The van der Waals surface area contributed by atoms with Crippen molar-refractivity contribution in [2.75, 3.05) is 20.2 Å². The van der Waals surface area contributed by atoms with Crippen LogP contribution in [0.3, 0.4) is 0 Å². The van der Waals surface area contributed by atoms with Gasteiger partial charge in [0, 0.05) is 12.6 Å². The van der Waals surface area contributed by atoms with E-state index in [1.54, 1.807) is 7.11 Å². The van der Waals surface area contributed by atoms with Crippen molar-refractivity contribution >= 4 is 0 Å². The van der Waals surface area contributed by atoms with Crippen LogP contribution in [0.1, 0.15) is 12.1 Å². The Kier molecular flexibility index (Phi) is 3.53. The van der Waals surface area contributed by atoms with E-state index in [0.717, 1.165) is 25.2 Å².